The minimum Gasteiger partial charge on any atom is -0.354 e. The minimum absolute atomic E-state index is 0.114. The second-order valence-electron chi connectivity index (χ2n) is 2.72. The molecule has 1 heterocycles. The van der Waals surface area contributed by atoms with Crippen LogP contribution in [0.4, 0.5) is 0 Å². The molecule has 1 aromatic rings. The lowest BCUT2D eigenvalue weighted by Gasteiger charge is -2.13. The number of ether oxygens (including phenoxy) is 2. The Morgan fingerprint density at radius 1 is 1.40 bits per heavy atom. The molecule has 0 unspecified atom stereocenters. The maximum atomic E-state index is 8.83. The van der Waals surface area contributed by atoms with Crippen molar-refractivity contribution in [1.29, 1.82) is 10.5 Å². The molecule has 0 aliphatic rings. The maximum absolute atomic E-state index is 8.83. The second-order valence-corrected chi connectivity index (χ2v) is 2.72. The highest BCUT2D eigenvalue weighted by atomic mass is 16.7. The Kier molecular flexibility index (Phi) is 3.81. The quantitative estimate of drug-likeness (QED) is 0.659. The third-order valence-electron chi connectivity index (χ3n) is 1.92. The van der Waals surface area contributed by atoms with Gasteiger partial charge in [-0.15, -0.1) is 0 Å². The van der Waals surface area contributed by atoms with Gasteiger partial charge in [-0.3, -0.25) is 0 Å². The smallest absolute Gasteiger partial charge is 0.176 e. The summed E-state index contributed by atoms with van der Waals surface area (Å²) in [5.41, 5.74) is 0.333. The van der Waals surface area contributed by atoms with E-state index in [-0.39, 0.29) is 11.4 Å². The molecule has 1 aromatic heterocycles. The summed E-state index contributed by atoms with van der Waals surface area (Å²) < 4.78 is 11.5. The van der Waals surface area contributed by atoms with Crippen molar-refractivity contribution in [2.75, 3.05) is 14.2 Å². The molecule has 0 aliphatic carbocycles. The topological polar surface area (TPSA) is 83.9 Å². The van der Waals surface area contributed by atoms with Gasteiger partial charge in [0.25, 0.3) is 0 Å². The fourth-order valence-corrected chi connectivity index (χ4v) is 1.13. The standard InChI is InChI=1S/C9H10N4O2/c1-14-9(15-2)5-13-6-12-7(3-10)8(13)4-11/h6,9H,5H2,1-2H3. The minimum atomic E-state index is -0.460. The van der Waals surface area contributed by atoms with E-state index in [1.165, 1.54) is 25.1 Å². The summed E-state index contributed by atoms with van der Waals surface area (Å²) in [7, 11) is 3.00. The maximum Gasteiger partial charge on any atom is 0.176 e. The Morgan fingerprint density at radius 3 is 2.53 bits per heavy atom. The molecule has 0 saturated carbocycles. The summed E-state index contributed by atoms with van der Waals surface area (Å²) in [5.74, 6) is 0. The summed E-state index contributed by atoms with van der Waals surface area (Å²) in [6.07, 6.45) is 0.958. The average Bonchev–Trinajstić information content (AvgIpc) is 2.67. The molecule has 78 valence electrons. The van der Waals surface area contributed by atoms with Crippen LogP contribution in [0.2, 0.25) is 0 Å². The predicted octanol–water partition coefficient (Wildman–Crippen LogP) is 0.245. The van der Waals surface area contributed by atoms with Crippen molar-refractivity contribution >= 4 is 0 Å². The summed E-state index contributed by atoms with van der Waals surface area (Å²) in [6.45, 7) is 0.324. The zero-order chi connectivity index (χ0) is 11.3. The van der Waals surface area contributed by atoms with Gasteiger partial charge in [0.1, 0.15) is 12.1 Å². The first-order valence-corrected chi connectivity index (χ1v) is 4.17. The van der Waals surface area contributed by atoms with Gasteiger partial charge in [0.2, 0.25) is 0 Å². The van der Waals surface area contributed by atoms with Gasteiger partial charge in [-0.1, -0.05) is 0 Å². The van der Waals surface area contributed by atoms with Crippen LogP contribution < -0.4 is 0 Å². The lowest BCUT2D eigenvalue weighted by Crippen LogP contribution is -2.20. The molecule has 0 bridgehead atoms. The van der Waals surface area contributed by atoms with Crippen molar-refractivity contribution in [3.05, 3.63) is 17.7 Å². The zero-order valence-electron chi connectivity index (χ0n) is 8.47. The molecule has 0 amide bonds. The molecule has 0 aromatic carbocycles. The highest BCUT2D eigenvalue weighted by molar-refractivity contribution is 5.35. The third kappa shape index (κ3) is 2.32. The first-order chi connectivity index (χ1) is 7.26. The first-order valence-electron chi connectivity index (χ1n) is 4.17. The second kappa shape index (κ2) is 5.11. The molecule has 0 fully saturated rings. The van der Waals surface area contributed by atoms with E-state index in [0.717, 1.165) is 0 Å². The van der Waals surface area contributed by atoms with Crippen LogP contribution in [0.5, 0.6) is 0 Å². The number of nitriles is 2. The summed E-state index contributed by atoms with van der Waals surface area (Å²) in [4.78, 5) is 3.80. The third-order valence-corrected chi connectivity index (χ3v) is 1.92. The number of hydrogen-bond donors (Lipinski definition) is 0. The van der Waals surface area contributed by atoms with Gasteiger partial charge in [-0.05, 0) is 0 Å². The van der Waals surface area contributed by atoms with Crippen LogP contribution in [-0.4, -0.2) is 30.1 Å². The molecule has 6 nitrogen and oxygen atoms in total. The fourth-order valence-electron chi connectivity index (χ4n) is 1.13. The molecule has 0 spiro atoms. The molecule has 0 aliphatic heterocycles. The lowest BCUT2D eigenvalue weighted by atomic mass is 10.3. The van der Waals surface area contributed by atoms with Crippen LogP contribution in [0.25, 0.3) is 0 Å². The Hall–Kier alpha value is -1.89. The molecular weight excluding hydrogens is 196 g/mol. The normalized spacial score (nSPS) is 9.93. The van der Waals surface area contributed by atoms with E-state index >= 15 is 0 Å². The van der Waals surface area contributed by atoms with Gasteiger partial charge in [0.15, 0.2) is 17.7 Å². The largest absolute Gasteiger partial charge is 0.354 e. The number of imidazole rings is 1. The molecule has 0 atom stereocenters. The van der Waals surface area contributed by atoms with Crippen LogP contribution >= 0.6 is 0 Å². The van der Waals surface area contributed by atoms with Crippen molar-refractivity contribution in [2.24, 2.45) is 0 Å². The van der Waals surface area contributed by atoms with Crippen molar-refractivity contribution < 1.29 is 9.47 Å². The van der Waals surface area contributed by atoms with Gasteiger partial charge in [-0.2, -0.15) is 10.5 Å². The van der Waals surface area contributed by atoms with Gasteiger partial charge in [0, 0.05) is 14.2 Å². The zero-order valence-corrected chi connectivity index (χ0v) is 8.47. The summed E-state index contributed by atoms with van der Waals surface area (Å²) >= 11 is 0. The number of methoxy groups -OCH3 is 2. The fraction of sp³-hybridized carbons (Fsp3) is 0.444. The van der Waals surface area contributed by atoms with Gasteiger partial charge < -0.3 is 14.0 Å². The van der Waals surface area contributed by atoms with E-state index in [9.17, 15) is 0 Å². The van der Waals surface area contributed by atoms with E-state index in [1.807, 2.05) is 12.1 Å². The van der Waals surface area contributed by atoms with Gasteiger partial charge >= 0.3 is 0 Å². The lowest BCUT2D eigenvalue weighted by molar-refractivity contribution is -0.111. The predicted molar refractivity (Wildman–Crippen MR) is 49.5 cm³/mol. The van der Waals surface area contributed by atoms with Crippen LogP contribution in [0.15, 0.2) is 6.33 Å². The first kappa shape index (κ1) is 11.2. The van der Waals surface area contributed by atoms with Crippen molar-refractivity contribution in [3.8, 4) is 12.1 Å². The van der Waals surface area contributed by atoms with Gasteiger partial charge in [0.05, 0.1) is 12.9 Å². The van der Waals surface area contributed by atoms with Crippen molar-refractivity contribution in [1.82, 2.24) is 9.55 Å². The number of hydrogen-bond acceptors (Lipinski definition) is 5. The summed E-state index contributed by atoms with van der Waals surface area (Å²) in [6, 6.07) is 3.76. The molecule has 0 saturated heterocycles. The Labute approximate surface area is 87.3 Å². The highest BCUT2D eigenvalue weighted by Crippen LogP contribution is 2.07. The Morgan fingerprint density at radius 2 is 2.07 bits per heavy atom. The van der Waals surface area contributed by atoms with Crippen LogP contribution in [0.3, 0.4) is 0 Å². The van der Waals surface area contributed by atoms with Crippen LogP contribution in [0.1, 0.15) is 11.4 Å². The molecule has 15 heavy (non-hydrogen) atoms. The van der Waals surface area contributed by atoms with Crippen LogP contribution in [-0.2, 0) is 16.0 Å². The Balaban J connectivity index is 2.92. The Bertz CT molecular complexity index is 409. The number of aromatic nitrogens is 2. The van der Waals surface area contributed by atoms with E-state index < -0.39 is 6.29 Å². The number of rotatable bonds is 4. The average molecular weight is 206 g/mol. The molecule has 0 N–H and O–H groups in total. The highest BCUT2D eigenvalue weighted by Gasteiger charge is 2.13. The monoisotopic (exact) mass is 206 g/mol. The van der Waals surface area contributed by atoms with E-state index in [0.29, 0.717) is 6.54 Å². The van der Waals surface area contributed by atoms with E-state index in [1.54, 1.807) is 0 Å². The van der Waals surface area contributed by atoms with Crippen molar-refractivity contribution in [2.45, 2.75) is 12.8 Å². The molecule has 6 heteroatoms. The van der Waals surface area contributed by atoms with E-state index in [2.05, 4.69) is 4.98 Å². The molecule has 1 rings (SSSR count). The summed E-state index contributed by atoms with van der Waals surface area (Å²) in [5, 5.41) is 17.5. The van der Waals surface area contributed by atoms with E-state index in [4.69, 9.17) is 20.0 Å². The van der Waals surface area contributed by atoms with Gasteiger partial charge in [-0.25, -0.2) is 4.98 Å². The van der Waals surface area contributed by atoms with Crippen molar-refractivity contribution in [3.63, 3.8) is 0 Å². The SMILES string of the molecule is COC(Cn1cnc(C#N)c1C#N)OC. The van der Waals surface area contributed by atoms with Crippen LogP contribution in [0, 0.1) is 22.7 Å². The molecule has 0 radical (unpaired) electrons. The molecular formula is C9H10N4O2. The number of nitrogens with zero attached hydrogens (tertiary/aromatic N) is 4.